The number of ether oxygens (including phenoxy) is 1. The van der Waals surface area contributed by atoms with Gasteiger partial charge in [-0.2, -0.15) is 5.10 Å². The molecule has 0 aliphatic carbocycles. The molecule has 0 saturated heterocycles. The van der Waals surface area contributed by atoms with Crippen molar-refractivity contribution in [3.63, 3.8) is 0 Å². The number of carbonyl (C=O) groups is 1. The summed E-state index contributed by atoms with van der Waals surface area (Å²) < 4.78 is 5.30. The Kier molecular flexibility index (Phi) is 4.76. The summed E-state index contributed by atoms with van der Waals surface area (Å²) in [4.78, 5) is 27.5. The first-order valence-electron chi connectivity index (χ1n) is 9.63. The zero-order valence-electron chi connectivity index (χ0n) is 16.2. The van der Waals surface area contributed by atoms with Gasteiger partial charge in [0.2, 0.25) is 0 Å². The fourth-order valence-corrected chi connectivity index (χ4v) is 3.84. The first-order valence-corrected chi connectivity index (χ1v) is 10.0. The lowest BCUT2D eigenvalue weighted by molar-refractivity contribution is 0.0726. The van der Waals surface area contributed by atoms with Gasteiger partial charge in [0.15, 0.2) is 11.4 Å². The van der Waals surface area contributed by atoms with Crippen molar-refractivity contribution < 1.29 is 9.53 Å². The first kappa shape index (κ1) is 19.1. The molecule has 0 amide bonds. The van der Waals surface area contributed by atoms with Crippen molar-refractivity contribution in [3.8, 4) is 5.75 Å². The fourth-order valence-electron chi connectivity index (χ4n) is 3.61. The molecule has 0 bridgehead atoms. The number of H-pyrrole nitrogens is 2. The number of esters is 1. The molecule has 5 rings (SSSR count). The standard InChI is InChI=1S/C24H16ClN3O3/c25-19-9-4-10-20-18(19)13-22(23(29)26-20)31-24(30)21-12-16(27-28-21)11-15-7-3-6-14-5-1-2-8-17(14)15/h1-10,12-13H,11H2,(H,26,29)(H,27,28). The van der Waals surface area contributed by atoms with E-state index in [1.54, 1.807) is 24.3 Å². The maximum absolute atomic E-state index is 12.6. The van der Waals surface area contributed by atoms with Crippen LogP contribution in [0.5, 0.6) is 5.75 Å². The Labute approximate surface area is 181 Å². The number of fused-ring (bicyclic) bond motifs is 2. The summed E-state index contributed by atoms with van der Waals surface area (Å²) in [6.45, 7) is 0. The molecule has 2 N–H and O–H groups in total. The highest BCUT2D eigenvalue weighted by molar-refractivity contribution is 6.35. The van der Waals surface area contributed by atoms with E-state index in [4.69, 9.17) is 16.3 Å². The molecule has 2 heterocycles. The summed E-state index contributed by atoms with van der Waals surface area (Å²) in [7, 11) is 0. The van der Waals surface area contributed by atoms with Crippen molar-refractivity contribution in [2.75, 3.05) is 0 Å². The van der Waals surface area contributed by atoms with E-state index in [0.29, 0.717) is 22.3 Å². The number of benzene rings is 3. The molecule has 152 valence electrons. The lowest BCUT2D eigenvalue weighted by Gasteiger charge is -2.05. The van der Waals surface area contributed by atoms with Crippen LogP contribution in [0.15, 0.2) is 77.6 Å². The Morgan fingerprint density at radius 1 is 0.968 bits per heavy atom. The van der Waals surface area contributed by atoms with Crippen LogP contribution in [-0.2, 0) is 6.42 Å². The monoisotopic (exact) mass is 429 g/mol. The van der Waals surface area contributed by atoms with Crippen LogP contribution in [-0.4, -0.2) is 21.2 Å². The van der Waals surface area contributed by atoms with Crippen molar-refractivity contribution in [2.24, 2.45) is 0 Å². The minimum Gasteiger partial charge on any atom is -0.416 e. The number of hydrogen-bond acceptors (Lipinski definition) is 4. The Morgan fingerprint density at radius 3 is 2.68 bits per heavy atom. The van der Waals surface area contributed by atoms with Crippen LogP contribution >= 0.6 is 11.6 Å². The van der Waals surface area contributed by atoms with Gasteiger partial charge in [-0.15, -0.1) is 0 Å². The smallest absolute Gasteiger partial charge is 0.364 e. The van der Waals surface area contributed by atoms with Crippen LogP contribution in [0, 0.1) is 0 Å². The number of carbonyl (C=O) groups excluding carboxylic acids is 1. The molecular weight excluding hydrogens is 414 g/mol. The molecule has 5 aromatic rings. The van der Waals surface area contributed by atoms with Gasteiger partial charge in [-0.25, -0.2) is 4.79 Å². The fraction of sp³-hybridized carbons (Fsp3) is 0.0417. The minimum atomic E-state index is -0.725. The van der Waals surface area contributed by atoms with E-state index in [0.717, 1.165) is 22.0 Å². The molecule has 2 aromatic heterocycles. The van der Waals surface area contributed by atoms with Crippen molar-refractivity contribution in [2.45, 2.75) is 6.42 Å². The first-order chi connectivity index (χ1) is 15.1. The second-order valence-electron chi connectivity index (χ2n) is 7.15. The Morgan fingerprint density at radius 2 is 1.77 bits per heavy atom. The number of pyridine rings is 1. The Balaban J connectivity index is 1.39. The molecule has 0 radical (unpaired) electrons. The molecular formula is C24H16ClN3O3. The van der Waals surface area contributed by atoms with Crippen molar-refractivity contribution in [1.82, 2.24) is 15.2 Å². The number of rotatable bonds is 4. The van der Waals surface area contributed by atoms with Crippen LogP contribution in [0.4, 0.5) is 0 Å². The minimum absolute atomic E-state index is 0.0916. The number of aromatic amines is 2. The normalized spacial score (nSPS) is 11.1. The van der Waals surface area contributed by atoms with Gasteiger partial charge in [0.05, 0.1) is 10.5 Å². The maximum Gasteiger partial charge on any atom is 0.364 e. The van der Waals surface area contributed by atoms with E-state index in [1.807, 2.05) is 24.3 Å². The van der Waals surface area contributed by atoms with Gasteiger partial charge in [0.1, 0.15) is 0 Å². The molecule has 0 atom stereocenters. The topological polar surface area (TPSA) is 87.8 Å². The quantitative estimate of drug-likeness (QED) is 0.399. The van der Waals surface area contributed by atoms with E-state index in [9.17, 15) is 9.59 Å². The molecule has 0 fully saturated rings. The Hall–Kier alpha value is -3.90. The van der Waals surface area contributed by atoms with Crippen LogP contribution in [0.1, 0.15) is 21.7 Å². The van der Waals surface area contributed by atoms with Crippen LogP contribution in [0.2, 0.25) is 5.02 Å². The lowest BCUT2D eigenvalue weighted by Crippen LogP contribution is -2.17. The van der Waals surface area contributed by atoms with Gasteiger partial charge in [-0.1, -0.05) is 60.1 Å². The highest BCUT2D eigenvalue weighted by atomic mass is 35.5. The van der Waals surface area contributed by atoms with E-state index in [-0.39, 0.29) is 11.4 Å². The van der Waals surface area contributed by atoms with Crippen LogP contribution in [0.3, 0.4) is 0 Å². The van der Waals surface area contributed by atoms with Crippen LogP contribution in [0.25, 0.3) is 21.7 Å². The highest BCUT2D eigenvalue weighted by Gasteiger charge is 2.16. The second kappa shape index (κ2) is 7.74. The number of nitrogens with zero attached hydrogens (tertiary/aromatic N) is 1. The van der Waals surface area contributed by atoms with Crippen molar-refractivity contribution in [1.29, 1.82) is 0 Å². The molecule has 3 aromatic carbocycles. The number of hydrogen-bond donors (Lipinski definition) is 2. The molecule has 0 aliphatic heterocycles. The molecule has 31 heavy (non-hydrogen) atoms. The number of aromatic nitrogens is 3. The van der Waals surface area contributed by atoms with Crippen molar-refractivity contribution >= 4 is 39.2 Å². The largest absolute Gasteiger partial charge is 0.416 e. The molecule has 6 nitrogen and oxygen atoms in total. The number of halogens is 1. The molecule has 0 spiro atoms. The molecule has 0 saturated carbocycles. The van der Waals surface area contributed by atoms with E-state index >= 15 is 0 Å². The summed E-state index contributed by atoms with van der Waals surface area (Å²) in [5.74, 6) is -0.860. The lowest BCUT2D eigenvalue weighted by atomic mass is 10.0. The average molecular weight is 430 g/mol. The predicted octanol–water partition coefficient (Wildman–Crippen LogP) is 4.87. The highest BCUT2D eigenvalue weighted by Crippen LogP contribution is 2.24. The number of nitrogens with one attached hydrogen (secondary N) is 2. The third kappa shape index (κ3) is 3.69. The predicted molar refractivity (Wildman–Crippen MR) is 120 cm³/mol. The van der Waals surface area contributed by atoms with Gasteiger partial charge in [-0.05, 0) is 40.6 Å². The summed E-state index contributed by atoms with van der Waals surface area (Å²) in [6.07, 6.45) is 0.577. The molecule has 0 unspecified atom stereocenters. The van der Waals surface area contributed by atoms with Gasteiger partial charge in [0, 0.05) is 17.5 Å². The van der Waals surface area contributed by atoms with Crippen LogP contribution < -0.4 is 10.3 Å². The zero-order valence-corrected chi connectivity index (χ0v) is 16.9. The second-order valence-corrected chi connectivity index (χ2v) is 7.55. The SMILES string of the molecule is O=C(Oc1cc2c(Cl)cccc2[nH]c1=O)c1cc(Cc2cccc3ccccc23)[nH]n1. The summed E-state index contributed by atoms with van der Waals surface area (Å²) in [6, 6.07) is 22.4. The zero-order chi connectivity index (χ0) is 21.4. The van der Waals surface area contributed by atoms with E-state index < -0.39 is 11.5 Å². The van der Waals surface area contributed by atoms with E-state index in [2.05, 4.69) is 33.4 Å². The summed E-state index contributed by atoms with van der Waals surface area (Å²) in [5.41, 5.74) is 2.01. The summed E-state index contributed by atoms with van der Waals surface area (Å²) >= 11 is 6.18. The third-order valence-electron chi connectivity index (χ3n) is 5.10. The average Bonchev–Trinajstić information content (AvgIpc) is 3.24. The van der Waals surface area contributed by atoms with Gasteiger partial charge in [-0.3, -0.25) is 9.89 Å². The summed E-state index contributed by atoms with van der Waals surface area (Å²) in [5, 5.41) is 10.3. The molecule has 7 heteroatoms. The Bertz CT molecular complexity index is 1500. The van der Waals surface area contributed by atoms with Gasteiger partial charge >= 0.3 is 5.97 Å². The molecule has 0 aliphatic rings. The van der Waals surface area contributed by atoms with Gasteiger partial charge < -0.3 is 9.72 Å². The third-order valence-corrected chi connectivity index (χ3v) is 5.43. The maximum atomic E-state index is 12.6. The van der Waals surface area contributed by atoms with Crippen molar-refractivity contribution in [3.05, 3.63) is 105 Å². The van der Waals surface area contributed by atoms with E-state index in [1.165, 1.54) is 6.07 Å². The van der Waals surface area contributed by atoms with Gasteiger partial charge in [0.25, 0.3) is 5.56 Å².